The van der Waals surface area contributed by atoms with Crippen molar-refractivity contribution in [1.82, 2.24) is 44.5 Å². The lowest BCUT2D eigenvalue weighted by molar-refractivity contribution is -0.135. The molecule has 9 heterocycles. The molecule has 4 atom stereocenters. The van der Waals surface area contributed by atoms with Gasteiger partial charge < -0.3 is 39.9 Å². The van der Waals surface area contributed by atoms with E-state index in [1.807, 2.05) is 25.1 Å². The first-order valence-corrected chi connectivity index (χ1v) is 26.6. The molecular formula is C55H67F2N11O6. The standard InChI is InChI=1S/C31H34F2N6O2.C24H33N5O4/c1-3-22-25(32)9-6-17-11-21(40)12-23(26(17)22)28-27(33)29-24(13-34-28)30(39-14-18-7-8-19(15-39)35-18)37-31(36-29)41-16-20-5-4-10-38(20)2;1-26-21-14-17(28-12-6-16(7-13-28)15-27-10-8-18(30)9-11-27)2-3-19(21)29(24(26)33)20-4-5-22(31)25-23(20)32/h6,9,11-13,18-20,35,40H,3-5,7-8,10,14-16H2,1-2H3;2-3,14,16,18,20,30H,4-13,15H2,1H3,(H,25,31,32). The van der Waals surface area contributed by atoms with Crippen LogP contribution in [0, 0.1) is 17.6 Å². The van der Waals surface area contributed by atoms with E-state index in [9.17, 15) is 29.0 Å². The number of aromatic nitrogens is 5. The van der Waals surface area contributed by atoms with Crippen LogP contribution in [-0.4, -0.2) is 146 Å². The van der Waals surface area contributed by atoms with Crippen molar-refractivity contribution < 1.29 is 33.3 Å². The van der Waals surface area contributed by atoms with Gasteiger partial charge in [0.15, 0.2) is 5.82 Å². The second-order valence-electron chi connectivity index (χ2n) is 21.4. The fraction of sp³-hybridized carbons (Fsp3) is 0.527. The number of aromatic hydroxyl groups is 1. The number of likely N-dealkylation sites (N-methyl/N-ethyl adjacent to an activating group) is 1. The first-order chi connectivity index (χ1) is 35.8. The molecule has 3 aromatic carbocycles. The number of aryl methyl sites for hydroxylation is 2. The molecule has 6 fully saturated rings. The van der Waals surface area contributed by atoms with Gasteiger partial charge in [-0.15, -0.1) is 0 Å². The molecule has 3 aromatic heterocycles. The first kappa shape index (κ1) is 49.9. The topological polar surface area (TPSA) is 186 Å². The van der Waals surface area contributed by atoms with E-state index in [0.717, 1.165) is 120 Å². The zero-order valence-corrected chi connectivity index (χ0v) is 42.5. The van der Waals surface area contributed by atoms with Crippen LogP contribution in [0.15, 0.2) is 53.5 Å². The number of hydrogen-bond acceptors (Lipinski definition) is 14. The molecule has 6 saturated heterocycles. The van der Waals surface area contributed by atoms with Gasteiger partial charge in [0.1, 0.15) is 41.2 Å². The Balaban J connectivity index is 0.000000163. The number of piperazine rings is 1. The maximum absolute atomic E-state index is 16.6. The van der Waals surface area contributed by atoms with Gasteiger partial charge in [0.25, 0.3) is 0 Å². The van der Waals surface area contributed by atoms with Crippen molar-refractivity contribution in [3.05, 3.63) is 76.3 Å². The number of phenols is 1. The highest BCUT2D eigenvalue weighted by atomic mass is 19.1. The molecule has 0 radical (unpaired) electrons. The van der Waals surface area contributed by atoms with Crippen LogP contribution in [0.4, 0.5) is 20.3 Å². The number of aliphatic hydroxyl groups excluding tert-OH is 1. The number of pyridine rings is 1. The molecule has 0 saturated carbocycles. The molecule has 392 valence electrons. The summed E-state index contributed by atoms with van der Waals surface area (Å²) in [5.41, 5.74) is 3.27. The Labute approximate surface area is 428 Å². The first-order valence-electron chi connectivity index (χ1n) is 26.6. The molecule has 74 heavy (non-hydrogen) atoms. The van der Waals surface area contributed by atoms with Gasteiger partial charge in [-0.05, 0) is 136 Å². The van der Waals surface area contributed by atoms with Gasteiger partial charge in [0, 0.05) is 94.9 Å². The molecule has 6 aliphatic heterocycles. The Morgan fingerprint density at radius 3 is 2.32 bits per heavy atom. The molecule has 0 spiro atoms. The average molecular weight is 1020 g/mol. The van der Waals surface area contributed by atoms with Gasteiger partial charge in [-0.25, -0.2) is 13.6 Å². The number of carbonyl (C=O) groups excluding carboxylic acids is 2. The molecule has 4 N–H and O–H groups in total. The number of imide groups is 1. The summed E-state index contributed by atoms with van der Waals surface area (Å²) in [4.78, 5) is 60.1. The fourth-order valence-electron chi connectivity index (χ4n) is 12.5. The lowest BCUT2D eigenvalue weighted by Crippen LogP contribution is -2.51. The molecular weight excluding hydrogens is 949 g/mol. The Morgan fingerprint density at radius 2 is 1.61 bits per heavy atom. The normalized spacial score (nSPS) is 23.3. The van der Waals surface area contributed by atoms with Gasteiger partial charge in [-0.1, -0.05) is 13.0 Å². The molecule has 2 amide bonds. The number of hydrogen-bond donors (Lipinski definition) is 4. The van der Waals surface area contributed by atoms with E-state index in [-0.39, 0.29) is 59.0 Å². The number of imidazole rings is 1. The van der Waals surface area contributed by atoms with E-state index >= 15 is 4.39 Å². The smallest absolute Gasteiger partial charge is 0.329 e. The summed E-state index contributed by atoms with van der Waals surface area (Å²) in [6, 6.07) is 12.4. The van der Waals surface area contributed by atoms with Crippen molar-refractivity contribution in [2.75, 3.05) is 75.8 Å². The molecule has 19 heteroatoms. The number of aliphatic hydroxyl groups is 1. The number of carbonyl (C=O) groups is 2. The van der Waals surface area contributed by atoms with Crippen molar-refractivity contribution in [3.63, 3.8) is 0 Å². The van der Waals surface area contributed by atoms with Crippen LogP contribution in [0.2, 0.25) is 0 Å². The number of halogens is 2. The van der Waals surface area contributed by atoms with Gasteiger partial charge in [0.2, 0.25) is 11.8 Å². The predicted molar refractivity (Wildman–Crippen MR) is 280 cm³/mol. The number of ether oxygens (including phenoxy) is 1. The third kappa shape index (κ3) is 9.79. The van der Waals surface area contributed by atoms with Gasteiger partial charge >= 0.3 is 11.7 Å². The number of anilines is 2. The minimum Gasteiger partial charge on any atom is -0.508 e. The largest absolute Gasteiger partial charge is 0.508 e. The van der Waals surface area contributed by atoms with Crippen LogP contribution >= 0.6 is 0 Å². The number of fused-ring (bicyclic) bond motifs is 5. The number of phenolic OH excluding ortho intramolecular Hbond substituents is 1. The van der Waals surface area contributed by atoms with E-state index in [1.54, 1.807) is 29.9 Å². The number of benzene rings is 3. The van der Waals surface area contributed by atoms with Crippen molar-refractivity contribution in [2.24, 2.45) is 13.0 Å². The summed E-state index contributed by atoms with van der Waals surface area (Å²) in [6.07, 6.45) is 10.8. The van der Waals surface area contributed by atoms with Crippen molar-refractivity contribution in [3.8, 4) is 23.0 Å². The number of likely N-dealkylation sites (tertiary alicyclic amines) is 2. The van der Waals surface area contributed by atoms with Crippen LogP contribution in [0.3, 0.4) is 0 Å². The van der Waals surface area contributed by atoms with Crippen LogP contribution in [-0.2, 0) is 23.1 Å². The number of nitrogens with zero attached hydrogens (tertiary/aromatic N) is 9. The molecule has 2 bridgehead atoms. The molecule has 0 aliphatic carbocycles. The molecule has 6 aromatic rings. The second-order valence-corrected chi connectivity index (χ2v) is 21.4. The van der Waals surface area contributed by atoms with Crippen molar-refractivity contribution in [2.45, 2.75) is 108 Å². The summed E-state index contributed by atoms with van der Waals surface area (Å²) in [5, 5.41) is 27.9. The van der Waals surface area contributed by atoms with E-state index in [2.05, 4.69) is 47.2 Å². The molecule has 12 rings (SSSR count). The summed E-state index contributed by atoms with van der Waals surface area (Å²) in [5.74, 6) is -0.473. The van der Waals surface area contributed by atoms with Gasteiger partial charge in [-0.2, -0.15) is 9.97 Å². The predicted octanol–water partition coefficient (Wildman–Crippen LogP) is 5.80. The highest BCUT2D eigenvalue weighted by Gasteiger charge is 2.36. The lowest BCUT2D eigenvalue weighted by atomic mass is 9.94. The maximum atomic E-state index is 16.6. The maximum Gasteiger partial charge on any atom is 0.329 e. The van der Waals surface area contributed by atoms with Crippen LogP contribution < -0.4 is 30.9 Å². The summed E-state index contributed by atoms with van der Waals surface area (Å²) in [7, 11) is 3.81. The summed E-state index contributed by atoms with van der Waals surface area (Å²) < 4.78 is 40.7. The Bertz CT molecular complexity index is 3160. The molecule has 17 nitrogen and oxygen atoms in total. The summed E-state index contributed by atoms with van der Waals surface area (Å²) in [6.45, 7) is 9.87. The zero-order chi connectivity index (χ0) is 51.4. The van der Waals surface area contributed by atoms with Crippen LogP contribution in [0.25, 0.3) is 44.0 Å². The van der Waals surface area contributed by atoms with E-state index < -0.39 is 17.8 Å². The van der Waals surface area contributed by atoms with E-state index in [0.29, 0.717) is 70.6 Å². The third-order valence-corrected chi connectivity index (χ3v) is 16.6. The van der Waals surface area contributed by atoms with E-state index in [1.165, 1.54) is 16.7 Å². The number of amides is 2. The van der Waals surface area contributed by atoms with Gasteiger partial charge in [-0.3, -0.25) is 29.0 Å². The monoisotopic (exact) mass is 1020 g/mol. The van der Waals surface area contributed by atoms with Gasteiger partial charge in [0.05, 0.1) is 22.5 Å². The minimum atomic E-state index is -0.656. The third-order valence-electron chi connectivity index (χ3n) is 16.6. The quantitative estimate of drug-likeness (QED) is 0.121. The average Bonchev–Trinajstić information content (AvgIpc) is 4.05. The SMILES string of the molecule is CCc1c(F)ccc2cc(O)cc(-c3ncc4c(N5CC6CCC(C5)N6)nc(OCC5CCCN5C)nc4c3F)c12.Cn1c(=O)n(C2CCC(=O)NC2=O)c2ccc(N3CCC(CN4CCC(O)CC4)CC3)cc21. The number of rotatable bonds is 10. The molecule has 6 aliphatic rings. The van der Waals surface area contributed by atoms with E-state index in [4.69, 9.17) is 9.72 Å². The Hall–Kier alpha value is -6.28. The zero-order valence-electron chi connectivity index (χ0n) is 42.5. The van der Waals surface area contributed by atoms with Crippen molar-refractivity contribution in [1.29, 1.82) is 0 Å². The van der Waals surface area contributed by atoms with Crippen LogP contribution in [0.5, 0.6) is 11.8 Å². The summed E-state index contributed by atoms with van der Waals surface area (Å²) >= 11 is 0. The van der Waals surface area contributed by atoms with Crippen molar-refractivity contribution >= 4 is 56.0 Å². The Morgan fingerprint density at radius 1 is 0.838 bits per heavy atom. The van der Waals surface area contributed by atoms with Crippen LogP contribution in [0.1, 0.15) is 82.7 Å². The Kier molecular flexibility index (Phi) is 14.0. The number of piperidine rings is 3. The highest BCUT2D eigenvalue weighted by molar-refractivity contribution is 6.02. The lowest BCUT2D eigenvalue weighted by Gasteiger charge is -2.37. The number of nitrogens with one attached hydrogen (secondary N) is 2. The fourth-order valence-corrected chi connectivity index (χ4v) is 12.5. The minimum absolute atomic E-state index is 0.00482. The molecule has 4 unspecified atom stereocenters. The second kappa shape index (κ2) is 20.8. The highest BCUT2D eigenvalue weighted by Crippen LogP contribution is 2.40.